The summed E-state index contributed by atoms with van der Waals surface area (Å²) in [5.41, 5.74) is 12.1. The number of halogens is 4. The van der Waals surface area contributed by atoms with Gasteiger partial charge in [-0.15, -0.1) is 37.2 Å². The van der Waals surface area contributed by atoms with Crippen LogP contribution in [0.4, 0.5) is 5.69 Å². The van der Waals surface area contributed by atoms with E-state index in [0.717, 1.165) is 17.3 Å². The number of nitrogens with one attached hydrogen (secondary N) is 2. The van der Waals surface area contributed by atoms with Crippen molar-refractivity contribution in [3.63, 3.8) is 0 Å². The maximum atomic E-state index is 12.8. The molecule has 1 atom stereocenters. The number of pyridine rings is 1. The Bertz CT molecular complexity index is 889. The van der Waals surface area contributed by atoms with Crippen molar-refractivity contribution >= 4 is 76.4 Å². The average molecular weight is 572 g/mol. The Balaban J connectivity index is 0. The van der Waals surface area contributed by atoms with Gasteiger partial charge >= 0.3 is 0 Å². The predicted octanol–water partition coefficient (Wildman–Crippen LogP) is 2.85. The minimum atomic E-state index is -0.689. The van der Waals surface area contributed by atoms with Crippen LogP contribution in [-0.2, 0) is 9.59 Å². The number of nitrogens with zero attached hydrogens (tertiary/aromatic N) is 1. The van der Waals surface area contributed by atoms with Gasteiger partial charge in [0, 0.05) is 16.2 Å². The number of amides is 2. The fraction of sp³-hybridized carbons (Fsp3) is 0.300. The molecule has 0 saturated heterocycles. The molecule has 32 heavy (non-hydrogen) atoms. The van der Waals surface area contributed by atoms with Gasteiger partial charge in [-0.2, -0.15) is 0 Å². The van der Waals surface area contributed by atoms with Gasteiger partial charge in [-0.1, -0.05) is 34.5 Å². The maximum Gasteiger partial charge on any atom is 0.243 e. The zero-order valence-electron chi connectivity index (χ0n) is 17.1. The first-order valence-corrected chi connectivity index (χ1v) is 10.00. The lowest BCUT2D eigenvalue weighted by Crippen LogP contribution is -2.43. The molecule has 0 aliphatic heterocycles. The summed E-state index contributed by atoms with van der Waals surface area (Å²) in [6.07, 6.45) is 3.56. The number of carbonyl (C=O) groups excluding carboxylic acids is 3. The standard InChI is InChI=1S/C20H24BrN5O3.3ClH/c21-13-8-10-24-17(11-13)19(28)14-5-1-2-7-16(14)26-18(27)12-25-20(29)15(23)6-3-4-9-22;;;/h1-2,5,7-8,10-11,15H,3-4,6,9,12,22-23H2,(H,25,29)(H,26,27);3*1H/t15-;;;/m0.../s1. The van der Waals surface area contributed by atoms with Crippen LogP contribution < -0.4 is 22.1 Å². The quantitative estimate of drug-likeness (QED) is 0.255. The van der Waals surface area contributed by atoms with E-state index in [1.165, 1.54) is 6.20 Å². The molecule has 8 nitrogen and oxygen atoms in total. The number of ketones is 1. The highest BCUT2D eigenvalue weighted by molar-refractivity contribution is 9.10. The highest BCUT2D eigenvalue weighted by Crippen LogP contribution is 2.20. The number of unbranched alkanes of at least 4 members (excludes halogenated alkanes) is 1. The van der Waals surface area contributed by atoms with Crippen LogP contribution in [0.5, 0.6) is 0 Å². The summed E-state index contributed by atoms with van der Waals surface area (Å²) < 4.78 is 0.725. The van der Waals surface area contributed by atoms with Crippen molar-refractivity contribution in [2.24, 2.45) is 11.5 Å². The smallest absolute Gasteiger partial charge is 0.243 e. The third-order valence-corrected chi connectivity index (χ3v) is 4.62. The second-order valence-corrected chi connectivity index (χ2v) is 7.31. The van der Waals surface area contributed by atoms with Crippen LogP contribution in [0.25, 0.3) is 0 Å². The first-order chi connectivity index (χ1) is 13.9. The molecule has 0 spiro atoms. The van der Waals surface area contributed by atoms with Crippen LogP contribution in [0.3, 0.4) is 0 Å². The van der Waals surface area contributed by atoms with Crippen LogP contribution in [0.15, 0.2) is 47.1 Å². The minimum absolute atomic E-state index is 0. The molecular formula is C20H27BrCl3N5O3. The van der Waals surface area contributed by atoms with Crippen molar-refractivity contribution in [2.75, 3.05) is 18.4 Å². The fourth-order valence-corrected chi connectivity index (χ4v) is 2.92. The van der Waals surface area contributed by atoms with Crippen LogP contribution in [0.2, 0.25) is 0 Å². The summed E-state index contributed by atoms with van der Waals surface area (Å²) in [5, 5.41) is 5.16. The second kappa shape index (κ2) is 16.8. The molecule has 0 saturated carbocycles. The zero-order chi connectivity index (χ0) is 21.2. The van der Waals surface area contributed by atoms with Gasteiger partial charge in [0.2, 0.25) is 17.6 Å². The van der Waals surface area contributed by atoms with E-state index in [4.69, 9.17) is 11.5 Å². The van der Waals surface area contributed by atoms with E-state index in [0.29, 0.717) is 24.2 Å². The van der Waals surface area contributed by atoms with Gasteiger partial charge in [-0.05, 0) is 43.7 Å². The topological polar surface area (TPSA) is 140 Å². The van der Waals surface area contributed by atoms with Gasteiger partial charge in [0.15, 0.2) is 0 Å². The zero-order valence-corrected chi connectivity index (χ0v) is 21.1. The van der Waals surface area contributed by atoms with Gasteiger partial charge in [0.25, 0.3) is 0 Å². The lowest BCUT2D eigenvalue weighted by molar-refractivity contribution is -0.125. The molecule has 0 radical (unpaired) electrons. The molecule has 178 valence electrons. The molecule has 0 aliphatic carbocycles. The number of carbonyl (C=O) groups is 3. The molecular weight excluding hydrogens is 545 g/mol. The number of benzene rings is 1. The second-order valence-electron chi connectivity index (χ2n) is 6.39. The van der Waals surface area contributed by atoms with E-state index in [1.807, 2.05) is 0 Å². The minimum Gasteiger partial charge on any atom is -0.346 e. The number of hydrogen-bond donors (Lipinski definition) is 4. The van der Waals surface area contributed by atoms with Gasteiger partial charge in [0.05, 0.1) is 18.3 Å². The van der Waals surface area contributed by atoms with Crippen molar-refractivity contribution in [2.45, 2.75) is 25.3 Å². The summed E-state index contributed by atoms with van der Waals surface area (Å²) in [4.78, 5) is 41.0. The molecule has 2 aromatic rings. The molecule has 1 aromatic carbocycles. The molecule has 6 N–H and O–H groups in total. The lowest BCUT2D eigenvalue weighted by atomic mass is 10.1. The molecule has 12 heteroatoms. The maximum absolute atomic E-state index is 12.8. The van der Waals surface area contributed by atoms with E-state index >= 15 is 0 Å². The molecule has 2 amide bonds. The average Bonchev–Trinajstić information content (AvgIpc) is 2.72. The number of nitrogens with two attached hydrogens (primary N) is 2. The number of para-hydroxylation sites is 1. The first kappa shape index (κ1) is 32.4. The van der Waals surface area contributed by atoms with Gasteiger partial charge in [-0.3, -0.25) is 19.4 Å². The van der Waals surface area contributed by atoms with Crippen LogP contribution >= 0.6 is 53.2 Å². The van der Waals surface area contributed by atoms with E-state index in [-0.39, 0.29) is 55.2 Å². The van der Waals surface area contributed by atoms with Crippen molar-refractivity contribution in [1.29, 1.82) is 0 Å². The van der Waals surface area contributed by atoms with Crippen LogP contribution in [-0.4, -0.2) is 41.7 Å². The van der Waals surface area contributed by atoms with E-state index in [9.17, 15) is 14.4 Å². The monoisotopic (exact) mass is 569 g/mol. The molecule has 1 aromatic heterocycles. The van der Waals surface area contributed by atoms with Gasteiger partial charge in [0.1, 0.15) is 5.69 Å². The summed E-state index contributed by atoms with van der Waals surface area (Å²) >= 11 is 3.31. The number of rotatable bonds is 10. The molecule has 1 heterocycles. The van der Waals surface area contributed by atoms with E-state index < -0.39 is 17.9 Å². The fourth-order valence-electron chi connectivity index (χ4n) is 2.59. The SMILES string of the molecule is Cl.Cl.Cl.NCCCC[C@H](N)C(=O)NCC(=O)Nc1ccccc1C(=O)c1cc(Br)ccn1. The Hall–Kier alpha value is -1.75. The van der Waals surface area contributed by atoms with Gasteiger partial charge < -0.3 is 22.1 Å². The Kier molecular flexibility index (Phi) is 17.0. The number of hydrogen-bond acceptors (Lipinski definition) is 6. The van der Waals surface area contributed by atoms with Crippen LogP contribution in [0, 0.1) is 0 Å². The third-order valence-electron chi connectivity index (χ3n) is 4.13. The van der Waals surface area contributed by atoms with Crippen molar-refractivity contribution < 1.29 is 14.4 Å². The highest BCUT2D eigenvalue weighted by Gasteiger charge is 2.18. The summed E-state index contributed by atoms with van der Waals surface area (Å²) in [6, 6.07) is 9.25. The first-order valence-electron chi connectivity index (χ1n) is 9.21. The molecule has 0 fully saturated rings. The third kappa shape index (κ3) is 10.2. The summed E-state index contributed by atoms with van der Waals surface area (Å²) in [5.74, 6) is -1.19. The predicted molar refractivity (Wildman–Crippen MR) is 136 cm³/mol. The molecule has 0 unspecified atom stereocenters. The number of aromatic nitrogens is 1. The van der Waals surface area contributed by atoms with E-state index in [2.05, 4.69) is 31.5 Å². The van der Waals surface area contributed by atoms with Crippen molar-refractivity contribution in [3.8, 4) is 0 Å². The molecule has 2 rings (SSSR count). The summed E-state index contributed by atoms with van der Waals surface area (Å²) in [7, 11) is 0. The summed E-state index contributed by atoms with van der Waals surface area (Å²) in [6.45, 7) is 0.297. The van der Waals surface area contributed by atoms with Crippen molar-refractivity contribution in [1.82, 2.24) is 10.3 Å². The largest absolute Gasteiger partial charge is 0.346 e. The van der Waals surface area contributed by atoms with Crippen molar-refractivity contribution in [3.05, 3.63) is 58.3 Å². The number of anilines is 1. The normalized spacial score (nSPS) is 10.5. The van der Waals surface area contributed by atoms with E-state index in [1.54, 1.807) is 36.4 Å². The Morgan fingerprint density at radius 1 is 1.06 bits per heavy atom. The molecule has 0 aliphatic rings. The highest BCUT2D eigenvalue weighted by atomic mass is 79.9. The molecule has 0 bridgehead atoms. The van der Waals surface area contributed by atoms with Gasteiger partial charge in [-0.25, -0.2) is 0 Å². The Morgan fingerprint density at radius 3 is 2.41 bits per heavy atom. The van der Waals surface area contributed by atoms with Crippen LogP contribution in [0.1, 0.15) is 35.3 Å². The Labute approximate surface area is 214 Å². The lowest BCUT2D eigenvalue weighted by Gasteiger charge is -2.13. The Morgan fingerprint density at radius 2 is 1.75 bits per heavy atom.